The lowest BCUT2D eigenvalue weighted by Crippen LogP contribution is -2.56. The van der Waals surface area contributed by atoms with Gasteiger partial charge in [0.15, 0.2) is 0 Å². The van der Waals surface area contributed by atoms with Crippen molar-refractivity contribution in [2.75, 3.05) is 26.2 Å². The van der Waals surface area contributed by atoms with Gasteiger partial charge in [0.25, 0.3) is 0 Å². The monoisotopic (exact) mass is 559 g/mol. The zero-order valence-corrected chi connectivity index (χ0v) is 22.1. The summed E-state index contributed by atoms with van der Waals surface area (Å²) in [5.41, 5.74) is 0.214. The molecule has 0 radical (unpaired) electrons. The number of halogens is 2. The molecule has 3 heterocycles. The van der Waals surface area contributed by atoms with Crippen molar-refractivity contribution in [2.24, 2.45) is 0 Å². The van der Waals surface area contributed by atoms with Crippen molar-refractivity contribution in [3.8, 4) is 5.69 Å². The molecule has 1 atom stereocenters. The van der Waals surface area contributed by atoms with Gasteiger partial charge >= 0.3 is 5.69 Å². The molecular weight excluding hydrogens is 530 g/mol. The second-order valence-electron chi connectivity index (χ2n) is 10.2. The maximum atomic E-state index is 14.8. The van der Waals surface area contributed by atoms with E-state index in [9.17, 15) is 18.7 Å². The highest BCUT2D eigenvalue weighted by atomic mass is 19.1. The van der Waals surface area contributed by atoms with E-state index in [0.29, 0.717) is 16.2 Å². The number of rotatable bonds is 8. The lowest BCUT2D eigenvalue weighted by atomic mass is 9.93. The minimum absolute atomic E-state index is 0.189. The van der Waals surface area contributed by atoms with Gasteiger partial charge in [-0.15, -0.1) is 0 Å². The lowest BCUT2D eigenvalue weighted by molar-refractivity contribution is -0.00948. The minimum Gasteiger partial charge on any atom is -0.381 e. The number of para-hydroxylation sites is 1. The second kappa shape index (κ2) is 10.8. The number of quaternary nitrogens is 1. The van der Waals surface area contributed by atoms with Crippen LogP contribution in [0.25, 0.3) is 5.69 Å². The topological polar surface area (TPSA) is 103 Å². The van der Waals surface area contributed by atoms with Crippen molar-refractivity contribution < 1.29 is 13.9 Å². The van der Waals surface area contributed by atoms with Crippen LogP contribution >= 0.6 is 0 Å². The Bertz CT molecular complexity index is 1680. The molecule has 0 saturated carbocycles. The minimum atomic E-state index is -1.98. The number of piperazine rings is 1. The number of hydrogen-bond donors (Lipinski definition) is 2. The molecule has 12 heteroatoms. The summed E-state index contributed by atoms with van der Waals surface area (Å²) in [6, 6.07) is 21.0. The van der Waals surface area contributed by atoms with Crippen LogP contribution in [0.5, 0.6) is 0 Å². The zero-order chi connectivity index (χ0) is 28.5. The molecule has 1 saturated heterocycles. The van der Waals surface area contributed by atoms with Gasteiger partial charge in [-0.2, -0.15) is 10.2 Å². The number of aliphatic hydroxyl groups is 1. The first-order chi connectivity index (χ1) is 19.9. The summed E-state index contributed by atoms with van der Waals surface area (Å²) < 4.78 is 32.9. The van der Waals surface area contributed by atoms with E-state index in [1.807, 2.05) is 42.5 Å². The predicted molar refractivity (Wildman–Crippen MR) is 149 cm³/mol. The van der Waals surface area contributed by atoms with Crippen molar-refractivity contribution >= 4 is 11.4 Å². The van der Waals surface area contributed by atoms with Crippen LogP contribution in [0.4, 0.5) is 20.2 Å². The van der Waals surface area contributed by atoms with Crippen LogP contribution in [0.3, 0.4) is 0 Å². The van der Waals surface area contributed by atoms with Crippen LogP contribution in [0.2, 0.25) is 0 Å². The zero-order valence-electron chi connectivity index (χ0n) is 22.1. The summed E-state index contributed by atoms with van der Waals surface area (Å²) in [7, 11) is 0. The quantitative estimate of drug-likeness (QED) is 0.284. The van der Waals surface area contributed by atoms with Crippen LogP contribution in [0.1, 0.15) is 5.56 Å². The molecule has 1 aliphatic rings. The van der Waals surface area contributed by atoms with Gasteiger partial charge in [0.05, 0.1) is 18.8 Å². The molecule has 0 amide bonds. The highest BCUT2D eigenvalue weighted by Gasteiger charge is 2.36. The Balaban J connectivity index is 1.32. The molecule has 3 aromatic carbocycles. The average molecular weight is 560 g/mol. The second-order valence-corrected chi connectivity index (χ2v) is 10.2. The van der Waals surface area contributed by atoms with Gasteiger partial charge in [-0.05, 0) is 30.3 Å². The largest absolute Gasteiger partial charge is 0.381 e. The van der Waals surface area contributed by atoms with Gasteiger partial charge in [0, 0.05) is 36.9 Å². The maximum Gasteiger partial charge on any atom is 0.350 e. The van der Waals surface area contributed by atoms with E-state index in [2.05, 4.69) is 32.6 Å². The van der Waals surface area contributed by atoms with E-state index in [-0.39, 0.29) is 12.1 Å². The van der Waals surface area contributed by atoms with Gasteiger partial charge in [-0.25, -0.2) is 32.5 Å². The van der Waals surface area contributed by atoms with E-state index in [4.69, 9.17) is 0 Å². The standard InChI is InChI=1S/C29H29F2N8O2/c30-22-6-11-26(27(31)16-22)29(41,17-36-20-33-19-34-36)18-38-28(40)37(21-35-38)23-7-9-25(10-8-23)39(14-12-32-13-15-39)24-4-2-1-3-5-24/h1-11,16,19-21,32,41H,12-15,17-18H2/q+1. The summed E-state index contributed by atoms with van der Waals surface area (Å²) in [5.74, 6) is -1.73. The van der Waals surface area contributed by atoms with Crippen LogP contribution in [0.15, 0.2) is 96.6 Å². The van der Waals surface area contributed by atoms with Gasteiger partial charge in [-0.3, -0.25) is 4.48 Å². The van der Waals surface area contributed by atoms with Crippen LogP contribution in [-0.2, 0) is 18.7 Å². The number of nitrogens with zero attached hydrogens (tertiary/aromatic N) is 7. The normalized spacial score (nSPS) is 16.4. The first kappa shape index (κ1) is 26.7. The Morgan fingerprint density at radius 1 is 0.902 bits per heavy atom. The highest BCUT2D eigenvalue weighted by Crippen LogP contribution is 2.35. The Kier molecular flexibility index (Phi) is 7.03. The third-order valence-electron chi connectivity index (χ3n) is 7.68. The number of hydrogen-bond acceptors (Lipinski definition) is 6. The van der Waals surface area contributed by atoms with E-state index >= 15 is 0 Å². The third kappa shape index (κ3) is 5.08. The Morgan fingerprint density at radius 3 is 2.32 bits per heavy atom. The average Bonchev–Trinajstić information content (AvgIpc) is 3.63. The molecule has 6 rings (SSSR count). The smallest absolute Gasteiger partial charge is 0.350 e. The first-order valence-corrected chi connectivity index (χ1v) is 13.3. The van der Waals surface area contributed by atoms with E-state index in [1.54, 1.807) is 0 Å². The summed E-state index contributed by atoms with van der Waals surface area (Å²) in [5, 5.41) is 23.3. The lowest BCUT2D eigenvalue weighted by Gasteiger charge is -2.40. The molecule has 5 aromatic rings. The summed E-state index contributed by atoms with van der Waals surface area (Å²) in [4.78, 5) is 17.3. The predicted octanol–water partition coefficient (Wildman–Crippen LogP) is 2.73. The Morgan fingerprint density at radius 2 is 1.63 bits per heavy atom. The fraction of sp³-hybridized carbons (Fsp3) is 0.241. The highest BCUT2D eigenvalue weighted by molar-refractivity contribution is 5.60. The van der Waals surface area contributed by atoms with Crippen molar-refractivity contribution in [2.45, 2.75) is 18.7 Å². The SMILES string of the molecule is O=c1n(-c2ccc([N+]3(c4ccccc4)CCNCC3)cc2)cnn1CC(O)(Cn1cncn1)c1ccc(F)cc1F. The molecule has 2 aromatic heterocycles. The first-order valence-electron chi connectivity index (χ1n) is 13.3. The van der Waals surface area contributed by atoms with Gasteiger partial charge in [0.1, 0.15) is 60.7 Å². The van der Waals surface area contributed by atoms with Gasteiger partial charge in [0.2, 0.25) is 0 Å². The fourth-order valence-corrected chi connectivity index (χ4v) is 5.59. The number of aromatic nitrogens is 6. The Labute approximate surface area is 234 Å². The fourth-order valence-electron chi connectivity index (χ4n) is 5.59. The van der Waals surface area contributed by atoms with Gasteiger partial charge in [-0.1, -0.05) is 24.3 Å². The molecule has 0 aliphatic carbocycles. The molecule has 210 valence electrons. The number of nitrogens with one attached hydrogen (secondary N) is 1. The molecule has 1 unspecified atom stereocenters. The van der Waals surface area contributed by atoms with Crippen LogP contribution in [0, 0.1) is 11.6 Å². The molecule has 10 nitrogen and oxygen atoms in total. The van der Waals surface area contributed by atoms with Crippen molar-refractivity contribution in [1.29, 1.82) is 0 Å². The van der Waals surface area contributed by atoms with E-state index in [1.165, 1.54) is 33.9 Å². The number of benzene rings is 3. The summed E-state index contributed by atoms with van der Waals surface area (Å²) >= 11 is 0. The molecule has 41 heavy (non-hydrogen) atoms. The van der Waals surface area contributed by atoms with Crippen LogP contribution in [-0.4, -0.2) is 60.4 Å². The van der Waals surface area contributed by atoms with Crippen molar-refractivity contribution in [1.82, 2.24) is 38.9 Å². The van der Waals surface area contributed by atoms with E-state index in [0.717, 1.165) is 48.7 Å². The molecule has 1 aliphatic heterocycles. The van der Waals surface area contributed by atoms with Crippen molar-refractivity contribution in [3.63, 3.8) is 0 Å². The van der Waals surface area contributed by atoms with Crippen molar-refractivity contribution in [3.05, 3.63) is 119 Å². The summed E-state index contributed by atoms with van der Waals surface area (Å²) in [6.07, 6.45) is 4.00. The molecule has 2 N–H and O–H groups in total. The molecule has 0 bridgehead atoms. The molecule has 0 spiro atoms. The molecular formula is C29H29F2N8O2+. The maximum absolute atomic E-state index is 14.8. The third-order valence-corrected chi connectivity index (χ3v) is 7.68. The van der Waals surface area contributed by atoms with Crippen LogP contribution < -0.4 is 15.5 Å². The summed E-state index contributed by atoms with van der Waals surface area (Å²) in [6.45, 7) is 2.92. The van der Waals surface area contributed by atoms with Gasteiger partial charge < -0.3 is 10.4 Å². The molecule has 1 fully saturated rings. The Hall–Kier alpha value is -4.52. The van der Waals surface area contributed by atoms with E-state index < -0.39 is 29.5 Å².